The van der Waals surface area contributed by atoms with Crippen LogP contribution in [-0.2, 0) is 11.3 Å². The van der Waals surface area contributed by atoms with E-state index < -0.39 is 12.0 Å². The molecule has 0 aliphatic carbocycles. The summed E-state index contributed by atoms with van der Waals surface area (Å²) in [5, 5.41) is 14.6. The second-order valence-corrected chi connectivity index (χ2v) is 4.87. The Morgan fingerprint density at radius 1 is 1.67 bits per heavy atom. The summed E-state index contributed by atoms with van der Waals surface area (Å²) in [6, 6.07) is 3.21. The van der Waals surface area contributed by atoms with E-state index in [0.717, 1.165) is 4.88 Å². The Morgan fingerprint density at radius 3 is 3.06 bits per heavy atom. The lowest BCUT2D eigenvalue weighted by molar-refractivity contribution is -0.142. The van der Waals surface area contributed by atoms with Gasteiger partial charge in [0.2, 0.25) is 0 Å². The van der Waals surface area contributed by atoms with Gasteiger partial charge in [-0.15, -0.1) is 11.3 Å². The van der Waals surface area contributed by atoms with Gasteiger partial charge in [0.25, 0.3) is 5.89 Å². The first-order valence-corrected chi connectivity index (χ1v) is 6.25. The monoisotopic (exact) mass is 267 g/mol. The average Bonchev–Trinajstić information content (AvgIpc) is 2.96. The molecule has 2 rings (SSSR count). The minimum atomic E-state index is -0.875. The molecule has 0 fully saturated rings. The number of hydrogen-bond donors (Lipinski definition) is 1. The molecule has 0 spiro atoms. The fourth-order valence-corrected chi connectivity index (χ4v) is 2.01. The SMILES string of the molecule is CC(C(=O)O)N(C)Cc1noc(-c2cccs2)n1. The quantitative estimate of drug-likeness (QED) is 0.888. The van der Waals surface area contributed by atoms with E-state index >= 15 is 0 Å². The molecule has 0 saturated heterocycles. The number of rotatable bonds is 5. The number of hydrogen-bond acceptors (Lipinski definition) is 6. The topological polar surface area (TPSA) is 79.5 Å². The van der Waals surface area contributed by atoms with Gasteiger partial charge in [-0.05, 0) is 25.4 Å². The lowest BCUT2D eigenvalue weighted by Gasteiger charge is -2.18. The first-order chi connectivity index (χ1) is 8.58. The number of thiophene rings is 1. The van der Waals surface area contributed by atoms with Crippen LogP contribution in [0, 0.1) is 0 Å². The van der Waals surface area contributed by atoms with Gasteiger partial charge in [-0.25, -0.2) is 0 Å². The largest absolute Gasteiger partial charge is 0.480 e. The van der Waals surface area contributed by atoms with E-state index in [1.54, 1.807) is 18.9 Å². The minimum Gasteiger partial charge on any atom is -0.480 e. The molecule has 0 amide bonds. The van der Waals surface area contributed by atoms with Crippen molar-refractivity contribution >= 4 is 17.3 Å². The summed E-state index contributed by atoms with van der Waals surface area (Å²) in [6.07, 6.45) is 0. The lowest BCUT2D eigenvalue weighted by Crippen LogP contribution is -2.35. The highest BCUT2D eigenvalue weighted by molar-refractivity contribution is 7.13. The zero-order chi connectivity index (χ0) is 13.1. The van der Waals surface area contributed by atoms with Gasteiger partial charge >= 0.3 is 5.97 Å². The van der Waals surface area contributed by atoms with Crippen molar-refractivity contribution in [3.05, 3.63) is 23.3 Å². The Labute approximate surface area is 108 Å². The Morgan fingerprint density at radius 2 is 2.44 bits per heavy atom. The van der Waals surface area contributed by atoms with Crippen molar-refractivity contribution in [3.63, 3.8) is 0 Å². The van der Waals surface area contributed by atoms with Crippen LogP contribution in [0.2, 0.25) is 0 Å². The molecule has 0 aliphatic rings. The highest BCUT2D eigenvalue weighted by Gasteiger charge is 2.19. The Kier molecular flexibility index (Phi) is 3.73. The van der Waals surface area contributed by atoms with Crippen LogP contribution in [0.4, 0.5) is 0 Å². The van der Waals surface area contributed by atoms with Crippen LogP contribution in [0.1, 0.15) is 12.7 Å². The summed E-state index contributed by atoms with van der Waals surface area (Å²) in [4.78, 5) is 17.6. The first-order valence-electron chi connectivity index (χ1n) is 5.37. The van der Waals surface area contributed by atoms with Crippen molar-refractivity contribution < 1.29 is 14.4 Å². The van der Waals surface area contributed by atoms with Crippen LogP contribution in [-0.4, -0.2) is 39.2 Å². The van der Waals surface area contributed by atoms with Crippen LogP contribution >= 0.6 is 11.3 Å². The van der Waals surface area contributed by atoms with Crippen molar-refractivity contribution in [3.8, 4) is 10.8 Å². The number of aromatic nitrogens is 2. The number of carbonyl (C=O) groups is 1. The van der Waals surface area contributed by atoms with Gasteiger partial charge in [-0.2, -0.15) is 4.98 Å². The standard InChI is InChI=1S/C11H13N3O3S/c1-7(11(15)16)14(2)6-9-12-10(17-13-9)8-4-3-5-18-8/h3-5,7H,6H2,1-2H3,(H,15,16). The number of aliphatic carboxylic acids is 1. The third-order valence-corrected chi connectivity index (χ3v) is 3.47. The van der Waals surface area contributed by atoms with Gasteiger partial charge in [0, 0.05) is 0 Å². The molecule has 1 N–H and O–H groups in total. The molecule has 0 radical (unpaired) electrons. The van der Waals surface area contributed by atoms with E-state index in [1.807, 2.05) is 17.5 Å². The maximum absolute atomic E-state index is 10.8. The zero-order valence-electron chi connectivity index (χ0n) is 10.0. The number of likely N-dealkylation sites (N-methyl/N-ethyl adjacent to an activating group) is 1. The van der Waals surface area contributed by atoms with E-state index in [9.17, 15) is 4.79 Å². The number of carboxylic acid groups (broad SMARTS) is 1. The summed E-state index contributed by atoms with van der Waals surface area (Å²) in [5.74, 6) is 0.0739. The van der Waals surface area contributed by atoms with Crippen molar-refractivity contribution in [2.75, 3.05) is 7.05 Å². The second kappa shape index (κ2) is 5.28. The Bertz CT molecular complexity index is 523. The molecule has 18 heavy (non-hydrogen) atoms. The van der Waals surface area contributed by atoms with E-state index in [4.69, 9.17) is 9.63 Å². The van der Waals surface area contributed by atoms with E-state index in [0.29, 0.717) is 18.3 Å². The molecule has 0 aromatic carbocycles. The molecule has 1 atom stereocenters. The summed E-state index contributed by atoms with van der Waals surface area (Å²) < 4.78 is 5.13. The molecule has 2 heterocycles. The van der Waals surface area contributed by atoms with Gasteiger partial charge in [0.15, 0.2) is 5.82 Å². The molecule has 0 bridgehead atoms. The highest BCUT2D eigenvalue weighted by Crippen LogP contribution is 2.22. The van der Waals surface area contributed by atoms with Crippen molar-refractivity contribution in [1.29, 1.82) is 0 Å². The number of nitrogens with zero attached hydrogens (tertiary/aromatic N) is 3. The predicted molar refractivity (Wildman–Crippen MR) is 66.2 cm³/mol. The second-order valence-electron chi connectivity index (χ2n) is 3.92. The third-order valence-electron chi connectivity index (χ3n) is 2.61. The molecule has 2 aromatic heterocycles. The first kappa shape index (κ1) is 12.7. The van der Waals surface area contributed by atoms with Gasteiger partial charge in [0.05, 0.1) is 11.4 Å². The van der Waals surface area contributed by atoms with E-state index in [1.165, 1.54) is 11.3 Å². The summed E-state index contributed by atoms with van der Waals surface area (Å²) in [7, 11) is 1.71. The summed E-state index contributed by atoms with van der Waals surface area (Å²) in [6.45, 7) is 1.95. The van der Waals surface area contributed by atoms with Crippen LogP contribution in [0.15, 0.2) is 22.0 Å². The van der Waals surface area contributed by atoms with Crippen LogP contribution in [0.5, 0.6) is 0 Å². The molecule has 96 valence electrons. The molecular formula is C11H13N3O3S. The Balaban J connectivity index is 2.05. The van der Waals surface area contributed by atoms with E-state index in [-0.39, 0.29) is 0 Å². The summed E-state index contributed by atoms with van der Waals surface area (Å²) in [5.41, 5.74) is 0. The molecule has 7 heteroatoms. The zero-order valence-corrected chi connectivity index (χ0v) is 10.8. The van der Waals surface area contributed by atoms with Gasteiger partial charge in [-0.1, -0.05) is 11.2 Å². The van der Waals surface area contributed by atoms with Crippen molar-refractivity contribution in [1.82, 2.24) is 15.0 Å². The normalized spacial score (nSPS) is 12.8. The molecule has 0 saturated carbocycles. The smallest absolute Gasteiger partial charge is 0.320 e. The minimum absolute atomic E-state index is 0.336. The lowest BCUT2D eigenvalue weighted by atomic mass is 10.3. The van der Waals surface area contributed by atoms with E-state index in [2.05, 4.69) is 10.1 Å². The van der Waals surface area contributed by atoms with Gasteiger partial charge < -0.3 is 9.63 Å². The number of carboxylic acids is 1. The fourth-order valence-electron chi connectivity index (χ4n) is 1.37. The molecular weight excluding hydrogens is 254 g/mol. The molecule has 6 nitrogen and oxygen atoms in total. The van der Waals surface area contributed by atoms with Crippen molar-refractivity contribution in [2.45, 2.75) is 19.5 Å². The Hall–Kier alpha value is -1.73. The molecule has 1 unspecified atom stereocenters. The highest BCUT2D eigenvalue weighted by atomic mass is 32.1. The average molecular weight is 267 g/mol. The fraction of sp³-hybridized carbons (Fsp3) is 0.364. The van der Waals surface area contributed by atoms with Crippen LogP contribution in [0.25, 0.3) is 10.8 Å². The van der Waals surface area contributed by atoms with Crippen LogP contribution in [0.3, 0.4) is 0 Å². The molecule has 2 aromatic rings. The summed E-state index contributed by atoms with van der Waals surface area (Å²) >= 11 is 1.52. The third kappa shape index (κ3) is 2.74. The predicted octanol–water partition coefficient (Wildman–Crippen LogP) is 1.70. The molecule has 0 aliphatic heterocycles. The van der Waals surface area contributed by atoms with Gasteiger partial charge in [0.1, 0.15) is 6.04 Å². The maximum Gasteiger partial charge on any atom is 0.320 e. The van der Waals surface area contributed by atoms with Crippen molar-refractivity contribution in [2.24, 2.45) is 0 Å². The van der Waals surface area contributed by atoms with Crippen LogP contribution < -0.4 is 0 Å². The maximum atomic E-state index is 10.8. The van der Waals surface area contributed by atoms with Gasteiger partial charge in [-0.3, -0.25) is 9.69 Å².